The molecule has 0 atom stereocenters. The molecule has 0 saturated heterocycles. The number of hydrogen-bond acceptors (Lipinski definition) is 7. The van der Waals surface area contributed by atoms with Crippen LogP contribution >= 0.6 is 0 Å². The highest BCUT2D eigenvalue weighted by Crippen LogP contribution is 2.20. The molecule has 10 heteroatoms. The van der Waals surface area contributed by atoms with Gasteiger partial charge in [-0.3, -0.25) is 25.7 Å². The number of rotatable bonds is 5. The second-order valence-corrected chi connectivity index (χ2v) is 5.70. The Balaban J connectivity index is 1.73. The molecule has 146 valence electrons. The number of ether oxygens (including phenoxy) is 1. The summed E-state index contributed by atoms with van der Waals surface area (Å²) in [6.45, 7) is 0. The van der Waals surface area contributed by atoms with E-state index in [1.165, 1.54) is 30.5 Å². The predicted molar refractivity (Wildman–Crippen MR) is 101 cm³/mol. The van der Waals surface area contributed by atoms with E-state index in [-0.39, 0.29) is 34.4 Å². The first-order valence-corrected chi connectivity index (χ1v) is 8.09. The standard InChI is InChI=1S/C19H13FN4O5/c20-14-7-6-12(10-15(14)24(26)27)19(25)23-13-4-1-3-11(9-13)17(21)29-18(22)16-5-2-8-28-16/h1-10,21-22H,(H,23,25). The fraction of sp³-hybridized carbons (Fsp3) is 0. The molecule has 1 heterocycles. The van der Waals surface area contributed by atoms with Gasteiger partial charge in [-0.1, -0.05) is 6.07 Å². The Bertz CT molecular complexity index is 1110. The number of nitrogens with zero attached hydrogens (tertiary/aromatic N) is 1. The molecule has 0 aliphatic heterocycles. The Morgan fingerprint density at radius 1 is 1.07 bits per heavy atom. The van der Waals surface area contributed by atoms with Crippen LogP contribution in [0.15, 0.2) is 65.3 Å². The molecule has 1 amide bonds. The molecule has 0 aliphatic rings. The van der Waals surface area contributed by atoms with Crippen molar-refractivity contribution >= 4 is 29.1 Å². The lowest BCUT2D eigenvalue weighted by Gasteiger charge is -2.09. The topological polar surface area (TPSA) is 142 Å². The zero-order chi connectivity index (χ0) is 21.0. The number of hydrogen-bond donors (Lipinski definition) is 3. The summed E-state index contributed by atoms with van der Waals surface area (Å²) in [5, 5.41) is 29.1. The van der Waals surface area contributed by atoms with E-state index >= 15 is 0 Å². The minimum Gasteiger partial charge on any atom is -0.459 e. The van der Waals surface area contributed by atoms with Crippen LogP contribution in [0.3, 0.4) is 0 Å². The third-order valence-electron chi connectivity index (χ3n) is 3.74. The monoisotopic (exact) mass is 396 g/mol. The average Bonchev–Trinajstić information content (AvgIpc) is 3.23. The predicted octanol–water partition coefficient (Wildman–Crippen LogP) is 3.95. The van der Waals surface area contributed by atoms with Gasteiger partial charge >= 0.3 is 5.69 Å². The quantitative estimate of drug-likeness (QED) is 0.259. The van der Waals surface area contributed by atoms with Crippen LogP contribution in [-0.4, -0.2) is 22.6 Å². The summed E-state index contributed by atoms with van der Waals surface area (Å²) in [6, 6.07) is 11.9. The Morgan fingerprint density at radius 3 is 2.55 bits per heavy atom. The molecule has 0 bridgehead atoms. The molecule has 3 aromatic rings. The van der Waals surface area contributed by atoms with E-state index in [9.17, 15) is 19.3 Å². The second kappa shape index (κ2) is 8.13. The van der Waals surface area contributed by atoms with Crippen LogP contribution in [0.25, 0.3) is 0 Å². The van der Waals surface area contributed by atoms with E-state index in [0.717, 1.165) is 18.2 Å². The minimum atomic E-state index is -1.04. The van der Waals surface area contributed by atoms with Crippen molar-refractivity contribution in [1.82, 2.24) is 0 Å². The number of anilines is 1. The first kappa shape index (κ1) is 19.4. The van der Waals surface area contributed by atoms with Gasteiger partial charge in [0.2, 0.25) is 11.7 Å². The van der Waals surface area contributed by atoms with Crippen LogP contribution in [0.5, 0.6) is 0 Å². The SMILES string of the molecule is N=C(OC(=N)c1ccco1)c1cccc(NC(=O)c2ccc(F)c([N+](=O)[O-])c2)c1. The van der Waals surface area contributed by atoms with Gasteiger partial charge in [-0.25, -0.2) is 0 Å². The van der Waals surface area contributed by atoms with Gasteiger partial charge in [-0.05, 0) is 42.5 Å². The average molecular weight is 396 g/mol. The molecular formula is C19H13FN4O5. The summed E-state index contributed by atoms with van der Waals surface area (Å²) in [5.41, 5.74) is -0.367. The molecule has 29 heavy (non-hydrogen) atoms. The van der Waals surface area contributed by atoms with Gasteiger partial charge in [0.15, 0.2) is 5.76 Å². The van der Waals surface area contributed by atoms with Gasteiger partial charge < -0.3 is 14.5 Å². The highest BCUT2D eigenvalue weighted by atomic mass is 19.1. The molecule has 0 unspecified atom stereocenters. The Kier molecular flexibility index (Phi) is 5.44. The van der Waals surface area contributed by atoms with E-state index < -0.39 is 22.3 Å². The van der Waals surface area contributed by atoms with Crippen molar-refractivity contribution in [2.75, 3.05) is 5.32 Å². The highest BCUT2D eigenvalue weighted by molar-refractivity contribution is 6.06. The van der Waals surface area contributed by atoms with Gasteiger partial charge in [0.25, 0.3) is 11.8 Å². The first-order valence-electron chi connectivity index (χ1n) is 8.09. The van der Waals surface area contributed by atoms with Crippen LogP contribution in [0.4, 0.5) is 15.8 Å². The molecule has 0 aliphatic carbocycles. The van der Waals surface area contributed by atoms with Gasteiger partial charge in [-0.2, -0.15) is 4.39 Å². The van der Waals surface area contributed by atoms with Crippen LogP contribution in [0.2, 0.25) is 0 Å². The van der Waals surface area contributed by atoms with Gasteiger partial charge in [0.05, 0.1) is 11.2 Å². The number of nitro benzene ring substituents is 1. The number of furan rings is 1. The van der Waals surface area contributed by atoms with E-state index in [1.807, 2.05) is 0 Å². The van der Waals surface area contributed by atoms with Crippen molar-refractivity contribution in [2.45, 2.75) is 0 Å². The number of nitrogens with one attached hydrogen (secondary N) is 3. The van der Waals surface area contributed by atoms with E-state index in [0.29, 0.717) is 0 Å². The van der Waals surface area contributed by atoms with Crippen LogP contribution in [0, 0.1) is 26.8 Å². The van der Waals surface area contributed by atoms with E-state index in [1.54, 1.807) is 12.1 Å². The zero-order valence-electron chi connectivity index (χ0n) is 14.6. The van der Waals surface area contributed by atoms with Crippen molar-refractivity contribution in [3.8, 4) is 0 Å². The number of amides is 1. The third-order valence-corrected chi connectivity index (χ3v) is 3.74. The lowest BCUT2D eigenvalue weighted by molar-refractivity contribution is -0.387. The fourth-order valence-electron chi connectivity index (χ4n) is 2.35. The van der Waals surface area contributed by atoms with Crippen molar-refractivity contribution in [1.29, 1.82) is 10.8 Å². The Labute approximate surface area is 162 Å². The third kappa shape index (κ3) is 4.50. The summed E-state index contributed by atoms with van der Waals surface area (Å²) in [6.07, 6.45) is 1.37. The molecule has 0 fully saturated rings. The number of halogens is 1. The first-order chi connectivity index (χ1) is 13.8. The summed E-state index contributed by atoms with van der Waals surface area (Å²) in [4.78, 5) is 22.2. The van der Waals surface area contributed by atoms with Crippen molar-refractivity contribution in [3.05, 3.63) is 93.7 Å². The number of nitro groups is 1. The maximum absolute atomic E-state index is 13.4. The fourth-order valence-corrected chi connectivity index (χ4v) is 2.35. The number of benzene rings is 2. The summed E-state index contributed by atoms with van der Waals surface area (Å²) < 4.78 is 23.6. The van der Waals surface area contributed by atoms with Gasteiger partial charge in [-0.15, -0.1) is 0 Å². The van der Waals surface area contributed by atoms with Gasteiger partial charge in [0.1, 0.15) is 0 Å². The van der Waals surface area contributed by atoms with Gasteiger partial charge in [0, 0.05) is 22.9 Å². The normalized spacial score (nSPS) is 10.2. The number of carbonyl (C=O) groups is 1. The lowest BCUT2D eigenvalue weighted by atomic mass is 10.1. The largest absolute Gasteiger partial charge is 0.459 e. The van der Waals surface area contributed by atoms with Crippen LogP contribution in [-0.2, 0) is 4.74 Å². The maximum atomic E-state index is 13.4. The molecule has 0 saturated carbocycles. The van der Waals surface area contributed by atoms with Crippen molar-refractivity contribution in [3.63, 3.8) is 0 Å². The molecule has 1 aromatic heterocycles. The summed E-state index contributed by atoms with van der Waals surface area (Å²) in [5.74, 6) is -2.29. The van der Waals surface area contributed by atoms with E-state index in [2.05, 4.69) is 5.32 Å². The van der Waals surface area contributed by atoms with Crippen molar-refractivity contribution < 1.29 is 23.3 Å². The molecule has 2 aromatic carbocycles. The zero-order valence-corrected chi connectivity index (χ0v) is 14.6. The molecule has 0 spiro atoms. The van der Waals surface area contributed by atoms with Crippen LogP contribution in [0.1, 0.15) is 21.7 Å². The number of carbonyl (C=O) groups excluding carboxylic acids is 1. The summed E-state index contributed by atoms with van der Waals surface area (Å²) >= 11 is 0. The van der Waals surface area contributed by atoms with Crippen LogP contribution < -0.4 is 5.32 Å². The highest BCUT2D eigenvalue weighted by Gasteiger charge is 2.18. The summed E-state index contributed by atoms with van der Waals surface area (Å²) in [7, 11) is 0. The van der Waals surface area contributed by atoms with E-state index in [4.69, 9.17) is 20.0 Å². The van der Waals surface area contributed by atoms with Crippen molar-refractivity contribution in [2.24, 2.45) is 0 Å². The molecule has 0 radical (unpaired) electrons. The molecule has 3 N–H and O–H groups in total. The molecule has 3 rings (SSSR count). The molecule has 9 nitrogen and oxygen atoms in total. The second-order valence-electron chi connectivity index (χ2n) is 5.70. The Morgan fingerprint density at radius 2 is 1.86 bits per heavy atom. The minimum absolute atomic E-state index is 0.102. The maximum Gasteiger partial charge on any atom is 0.305 e. The lowest BCUT2D eigenvalue weighted by Crippen LogP contribution is -2.15. The smallest absolute Gasteiger partial charge is 0.305 e. The Hall–Kier alpha value is -4.34. The molecular weight excluding hydrogens is 383 g/mol.